The molecule has 254 valence electrons. The number of nitrogens with one attached hydrogen (secondary N) is 2. The molecule has 0 radical (unpaired) electrons. The number of anilines is 1. The van der Waals surface area contributed by atoms with Gasteiger partial charge < -0.3 is 30.3 Å². The summed E-state index contributed by atoms with van der Waals surface area (Å²) in [4.78, 5) is 45.5. The average Bonchev–Trinajstić information content (AvgIpc) is 3.06. The van der Waals surface area contributed by atoms with Gasteiger partial charge in [-0.15, -0.1) is 0 Å². The van der Waals surface area contributed by atoms with Gasteiger partial charge in [0.25, 0.3) is 5.91 Å². The van der Waals surface area contributed by atoms with E-state index in [9.17, 15) is 32.7 Å². The van der Waals surface area contributed by atoms with E-state index in [4.69, 9.17) is 16.3 Å². The number of carbonyl (C=O) groups excluding carboxylic acids is 3. The van der Waals surface area contributed by atoms with Crippen LogP contribution in [-0.4, -0.2) is 102 Å². The summed E-state index contributed by atoms with van der Waals surface area (Å²) < 4.78 is 46.9. The van der Waals surface area contributed by atoms with E-state index in [1.165, 1.54) is 4.90 Å². The second-order valence-electron chi connectivity index (χ2n) is 12.9. The number of piperazine rings is 1. The molecule has 2 aromatic carbocycles. The second-order valence-corrected chi connectivity index (χ2v) is 13.3. The van der Waals surface area contributed by atoms with Gasteiger partial charge in [-0.3, -0.25) is 14.5 Å². The molecule has 0 aliphatic carbocycles. The van der Waals surface area contributed by atoms with Crippen LogP contribution in [0.1, 0.15) is 48.8 Å². The van der Waals surface area contributed by atoms with E-state index in [0.29, 0.717) is 51.5 Å². The number of carbonyl (C=O) groups is 3. The van der Waals surface area contributed by atoms with Gasteiger partial charge in [-0.1, -0.05) is 29.8 Å². The van der Waals surface area contributed by atoms with E-state index in [1.807, 2.05) is 24.3 Å². The molecular formula is C33H39ClF3N5O5. The maximum Gasteiger partial charge on any atom is 0.420 e. The number of likely N-dealkylation sites (tertiary alicyclic amines) is 1. The molecule has 3 N–H and O–H groups in total. The summed E-state index contributed by atoms with van der Waals surface area (Å²) in [5.74, 6) is -1.68. The molecule has 4 aliphatic rings. The Labute approximate surface area is 276 Å². The molecule has 3 saturated heterocycles. The van der Waals surface area contributed by atoms with Gasteiger partial charge in [-0.05, 0) is 68.1 Å². The number of fused-ring (bicyclic) bond motifs is 2. The minimum absolute atomic E-state index is 0.00189. The molecule has 14 heteroatoms. The SMILES string of the molecule is O=C1CC2(CCN(C(=O)O[C@H](Cc3cc(Cl)c(O)c(C(F)(F)F)c3)C(=O)N3CCN(C4CCNCC4)CC3)CC2)c2ccccc2N1. The Bertz CT molecular complexity index is 1500. The van der Waals surface area contributed by atoms with Gasteiger partial charge >= 0.3 is 12.3 Å². The van der Waals surface area contributed by atoms with Gasteiger partial charge in [0.2, 0.25) is 5.91 Å². The first-order valence-corrected chi connectivity index (χ1v) is 16.5. The highest BCUT2D eigenvalue weighted by atomic mass is 35.5. The number of halogens is 4. The number of rotatable bonds is 5. The number of phenolic OH excluding ortho intramolecular Hbond substituents is 1. The predicted molar refractivity (Wildman–Crippen MR) is 168 cm³/mol. The van der Waals surface area contributed by atoms with Gasteiger partial charge in [0.05, 0.1) is 10.6 Å². The predicted octanol–water partition coefficient (Wildman–Crippen LogP) is 4.38. The Kier molecular flexibility index (Phi) is 9.59. The molecule has 2 aromatic rings. The third-order valence-electron chi connectivity index (χ3n) is 10.1. The quantitative estimate of drug-likeness (QED) is 0.431. The van der Waals surface area contributed by atoms with Crippen LogP contribution in [0.15, 0.2) is 36.4 Å². The number of hydrogen-bond donors (Lipinski definition) is 3. The number of hydrogen-bond acceptors (Lipinski definition) is 7. The summed E-state index contributed by atoms with van der Waals surface area (Å²) in [6, 6.07) is 9.94. The van der Waals surface area contributed by atoms with Crippen molar-refractivity contribution in [2.24, 2.45) is 0 Å². The van der Waals surface area contributed by atoms with E-state index in [2.05, 4.69) is 15.5 Å². The standard InChI is InChI=1S/C33H39ClF3N5O5/c34-25-18-21(17-24(29(25)44)33(35,36)37)19-27(30(45)41-15-13-40(14-16-41)22-5-9-38-10-6-22)47-31(46)42-11-7-32(8-12-42)20-28(43)39-26-4-2-1-3-23(26)32/h1-4,17-18,22,27,38,44H,5-16,19-20H2,(H,39,43)/t27-/m1/s1. The number of nitrogens with zero attached hydrogens (tertiary/aromatic N) is 3. The van der Waals surface area contributed by atoms with E-state index in [1.54, 1.807) is 4.90 Å². The molecule has 1 atom stereocenters. The monoisotopic (exact) mass is 677 g/mol. The molecule has 4 heterocycles. The van der Waals surface area contributed by atoms with Crippen LogP contribution >= 0.6 is 11.6 Å². The number of phenols is 1. The van der Waals surface area contributed by atoms with Crippen molar-refractivity contribution < 1.29 is 37.4 Å². The largest absolute Gasteiger partial charge is 0.506 e. The zero-order valence-electron chi connectivity index (χ0n) is 26.0. The Hall–Kier alpha value is -3.55. The topological polar surface area (TPSA) is 114 Å². The summed E-state index contributed by atoms with van der Waals surface area (Å²) >= 11 is 5.97. The average molecular weight is 678 g/mol. The molecule has 0 unspecified atom stereocenters. The van der Waals surface area contributed by atoms with Gasteiger partial charge in [-0.25, -0.2) is 4.79 Å². The highest BCUT2D eigenvalue weighted by Gasteiger charge is 2.44. The Morgan fingerprint density at radius 1 is 1.02 bits per heavy atom. The molecule has 3 amide bonds. The third-order valence-corrected chi connectivity index (χ3v) is 10.4. The number of benzene rings is 2. The fourth-order valence-corrected chi connectivity index (χ4v) is 7.72. The van der Waals surface area contributed by atoms with Crippen molar-refractivity contribution in [2.75, 3.05) is 57.7 Å². The minimum atomic E-state index is -4.89. The van der Waals surface area contributed by atoms with Crippen molar-refractivity contribution in [3.05, 3.63) is 58.1 Å². The number of aromatic hydroxyl groups is 1. The number of para-hydroxylation sites is 1. The van der Waals surface area contributed by atoms with Crippen LogP contribution in [0.25, 0.3) is 0 Å². The Morgan fingerprint density at radius 3 is 2.38 bits per heavy atom. The van der Waals surface area contributed by atoms with Crippen LogP contribution in [0.2, 0.25) is 5.02 Å². The number of alkyl halides is 3. The number of ether oxygens (including phenoxy) is 1. The molecule has 4 aliphatic heterocycles. The zero-order chi connectivity index (χ0) is 33.3. The fraction of sp³-hybridized carbons (Fsp3) is 0.545. The van der Waals surface area contributed by atoms with Gasteiger partial charge in [0, 0.05) is 69.3 Å². The summed E-state index contributed by atoms with van der Waals surface area (Å²) in [6.45, 7) is 4.51. The van der Waals surface area contributed by atoms with Crippen molar-refractivity contribution in [1.29, 1.82) is 0 Å². The van der Waals surface area contributed by atoms with Crippen molar-refractivity contribution in [1.82, 2.24) is 20.0 Å². The number of piperidine rings is 2. The smallest absolute Gasteiger partial charge is 0.420 e. The fourth-order valence-electron chi connectivity index (χ4n) is 7.48. The van der Waals surface area contributed by atoms with Gasteiger partial charge in [-0.2, -0.15) is 13.2 Å². The maximum absolute atomic E-state index is 13.9. The highest BCUT2D eigenvalue weighted by molar-refractivity contribution is 6.32. The molecule has 47 heavy (non-hydrogen) atoms. The molecule has 3 fully saturated rings. The zero-order valence-corrected chi connectivity index (χ0v) is 26.7. The van der Waals surface area contributed by atoms with Gasteiger partial charge in [0.1, 0.15) is 5.75 Å². The molecule has 0 bridgehead atoms. The lowest BCUT2D eigenvalue weighted by Crippen LogP contribution is -2.56. The van der Waals surface area contributed by atoms with Gasteiger partial charge in [0.15, 0.2) is 6.10 Å². The second kappa shape index (κ2) is 13.5. The first-order chi connectivity index (χ1) is 22.4. The first-order valence-electron chi connectivity index (χ1n) is 16.1. The van der Waals surface area contributed by atoms with Crippen LogP contribution in [0.5, 0.6) is 5.75 Å². The summed E-state index contributed by atoms with van der Waals surface area (Å²) in [5, 5.41) is 15.7. The molecule has 0 saturated carbocycles. The molecule has 10 nitrogen and oxygen atoms in total. The van der Waals surface area contributed by atoms with Crippen molar-refractivity contribution in [2.45, 2.75) is 62.3 Å². The summed E-state index contributed by atoms with van der Waals surface area (Å²) in [7, 11) is 0. The Morgan fingerprint density at radius 2 is 1.70 bits per heavy atom. The summed E-state index contributed by atoms with van der Waals surface area (Å²) in [5.41, 5.74) is 0.0224. The van der Waals surface area contributed by atoms with Crippen molar-refractivity contribution >= 4 is 35.2 Å². The molecule has 6 rings (SSSR count). The van der Waals surface area contributed by atoms with Crippen molar-refractivity contribution in [3.8, 4) is 5.75 Å². The van der Waals surface area contributed by atoms with E-state index in [0.717, 1.165) is 49.3 Å². The molecular weight excluding hydrogens is 639 g/mol. The lowest BCUT2D eigenvalue weighted by Gasteiger charge is -2.44. The van der Waals surface area contributed by atoms with Crippen LogP contribution < -0.4 is 10.6 Å². The van der Waals surface area contributed by atoms with Crippen LogP contribution in [0.4, 0.5) is 23.7 Å². The van der Waals surface area contributed by atoms with Crippen LogP contribution in [-0.2, 0) is 32.3 Å². The highest BCUT2D eigenvalue weighted by Crippen LogP contribution is 2.45. The lowest BCUT2D eigenvalue weighted by atomic mass is 9.68. The normalized spacial score (nSPS) is 21.2. The molecule has 0 aromatic heterocycles. The van der Waals surface area contributed by atoms with E-state index >= 15 is 0 Å². The third kappa shape index (κ3) is 7.17. The van der Waals surface area contributed by atoms with Crippen molar-refractivity contribution in [3.63, 3.8) is 0 Å². The minimum Gasteiger partial charge on any atom is -0.506 e. The van der Waals surface area contributed by atoms with Crippen LogP contribution in [0, 0.1) is 0 Å². The molecule has 1 spiro atoms. The summed E-state index contributed by atoms with van der Waals surface area (Å²) in [6.07, 6.45) is -4.06. The van der Waals surface area contributed by atoms with E-state index < -0.39 is 46.0 Å². The Balaban J connectivity index is 1.18. The lowest BCUT2D eigenvalue weighted by molar-refractivity contribution is -0.143. The van der Waals surface area contributed by atoms with Crippen LogP contribution in [0.3, 0.4) is 0 Å². The van der Waals surface area contributed by atoms with E-state index in [-0.39, 0.29) is 31.0 Å². The first kappa shape index (κ1) is 33.4. The number of amides is 3. The maximum atomic E-state index is 13.9.